The smallest absolute Gasteiger partial charge is 0.409 e. The van der Waals surface area contributed by atoms with Crippen molar-refractivity contribution in [2.75, 3.05) is 26.3 Å². The van der Waals surface area contributed by atoms with Crippen molar-refractivity contribution < 1.29 is 19.2 Å². The van der Waals surface area contributed by atoms with Gasteiger partial charge < -0.3 is 9.64 Å². The van der Waals surface area contributed by atoms with Gasteiger partial charge in [-0.05, 0) is 26.7 Å². The topological polar surface area (TPSA) is 67.9 Å². The summed E-state index contributed by atoms with van der Waals surface area (Å²) in [4.78, 5) is 29.6. The van der Waals surface area contributed by atoms with Crippen molar-refractivity contribution in [3.05, 3.63) is 0 Å². The summed E-state index contributed by atoms with van der Waals surface area (Å²) in [6.45, 7) is 5.40. The summed E-state index contributed by atoms with van der Waals surface area (Å²) in [6.07, 6.45) is 1.24. The molecule has 1 saturated heterocycles. The van der Waals surface area contributed by atoms with E-state index in [1.807, 2.05) is 0 Å². The Labute approximate surface area is 101 Å². The Morgan fingerprint density at radius 2 is 2.12 bits per heavy atom. The normalized spacial score (nSPS) is 19.9. The number of nitrogens with zero attached hydrogens (tertiary/aromatic N) is 1. The maximum atomic E-state index is 11.7. The molecule has 0 aromatic rings. The molecule has 98 valence electrons. The quantitative estimate of drug-likeness (QED) is 0.747. The molecule has 0 radical (unpaired) electrons. The fraction of sp³-hybridized carbons (Fsp3) is 0.818. The average Bonchev–Trinajstić information content (AvgIpc) is 2.36. The fourth-order valence-corrected chi connectivity index (χ4v) is 1.80. The van der Waals surface area contributed by atoms with Gasteiger partial charge in [-0.1, -0.05) is 0 Å². The Bertz CT molecular complexity index is 270. The molecular formula is C11H20N2O4. The third kappa shape index (κ3) is 4.22. The van der Waals surface area contributed by atoms with Crippen LogP contribution in [-0.2, 0) is 14.4 Å². The molecule has 1 rings (SSSR count). The number of nitrogens with one attached hydrogen (secondary N) is 1. The van der Waals surface area contributed by atoms with Gasteiger partial charge in [-0.25, -0.2) is 10.3 Å². The summed E-state index contributed by atoms with van der Waals surface area (Å²) in [6, 6.07) is 0. The molecular weight excluding hydrogens is 224 g/mol. The van der Waals surface area contributed by atoms with Gasteiger partial charge in [0.2, 0.25) is 5.91 Å². The summed E-state index contributed by atoms with van der Waals surface area (Å²) in [5, 5.41) is 0. The lowest BCUT2D eigenvalue weighted by Crippen LogP contribution is -2.45. The summed E-state index contributed by atoms with van der Waals surface area (Å²) < 4.78 is 4.91. The van der Waals surface area contributed by atoms with E-state index in [1.54, 1.807) is 18.7 Å². The second kappa shape index (κ2) is 7.11. The number of amides is 2. The molecule has 1 aliphatic rings. The van der Waals surface area contributed by atoms with Gasteiger partial charge in [0.15, 0.2) is 0 Å². The highest BCUT2D eigenvalue weighted by Crippen LogP contribution is 2.17. The van der Waals surface area contributed by atoms with E-state index < -0.39 is 0 Å². The number of carbonyl (C=O) groups excluding carboxylic acids is 2. The van der Waals surface area contributed by atoms with Crippen LogP contribution in [0.1, 0.15) is 26.7 Å². The Morgan fingerprint density at radius 3 is 2.76 bits per heavy atom. The number of likely N-dealkylation sites (tertiary alicyclic amines) is 1. The van der Waals surface area contributed by atoms with Gasteiger partial charge in [0.05, 0.1) is 19.1 Å². The number of ether oxygens (including phenoxy) is 1. The lowest BCUT2D eigenvalue weighted by atomic mass is 9.98. The van der Waals surface area contributed by atoms with Crippen LogP contribution in [0.15, 0.2) is 0 Å². The molecule has 0 aromatic carbocycles. The summed E-state index contributed by atoms with van der Waals surface area (Å²) >= 11 is 0. The number of rotatable bonds is 4. The van der Waals surface area contributed by atoms with Crippen LogP contribution in [0.25, 0.3) is 0 Å². The Morgan fingerprint density at radius 1 is 1.35 bits per heavy atom. The maximum absolute atomic E-state index is 11.7. The molecule has 0 bridgehead atoms. The highest BCUT2D eigenvalue weighted by Gasteiger charge is 2.29. The van der Waals surface area contributed by atoms with E-state index in [9.17, 15) is 9.59 Å². The molecule has 1 atom stereocenters. The molecule has 1 aliphatic heterocycles. The standard InChI is InChI=1S/C11H20N2O4/c1-3-16-11(15)13-7-5-6-9(8-13)10(14)12-17-4-2/h9H,3-8H2,1-2H3,(H,12,14). The van der Waals surface area contributed by atoms with Crippen LogP contribution in [0.5, 0.6) is 0 Å². The van der Waals surface area contributed by atoms with Crippen LogP contribution in [-0.4, -0.2) is 43.2 Å². The minimum atomic E-state index is -0.346. The molecule has 2 amide bonds. The van der Waals surface area contributed by atoms with Crippen molar-refractivity contribution >= 4 is 12.0 Å². The van der Waals surface area contributed by atoms with Crippen LogP contribution in [0.4, 0.5) is 4.79 Å². The minimum absolute atomic E-state index is 0.166. The van der Waals surface area contributed by atoms with Gasteiger partial charge in [0.25, 0.3) is 0 Å². The lowest BCUT2D eigenvalue weighted by Gasteiger charge is -2.30. The van der Waals surface area contributed by atoms with Crippen molar-refractivity contribution in [3.8, 4) is 0 Å². The zero-order valence-electron chi connectivity index (χ0n) is 10.4. The molecule has 1 unspecified atom stereocenters. The molecule has 0 aromatic heterocycles. The van der Waals surface area contributed by atoms with Gasteiger partial charge in [-0.2, -0.15) is 0 Å². The fourth-order valence-electron chi connectivity index (χ4n) is 1.80. The number of hydroxylamine groups is 1. The van der Waals surface area contributed by atoms with Gasteiger partial charge in [0, 0.05) is 13.1 Å². The number of carbonyl (C=O) groups is 2. The molecule has 6 nitrogen and oxygen atoms in total. The number of piperidine rings is 1. The van der Waals surface area contributed by atoms with Crippen LogP contribution in [0, 0.1) is 5.92 Å². The SMILES string of the molecule is CCONC(=O)C1CCCN(C(=O)OCC)C1. The van der Waals surface area contributed by atoms with E-state index in [4.69, 9.17) is 9.57 Å². The van der Waals surface area contributed by atoms with Crippen LogP contribution in [0.3, 0.4) is 0 Å². The zero-order valence-corrected chi connectivity index (χ0v) is 10.4. The first-order valence-electron chi connectivity index (χ1n) is 6.02. The highest BCUT2D eigenvalue weighted by atomic mass is 16.6. The van der Waals surface area contributed by atoms with Gasteiger partial charge in [0.1, 0.15) is 0 Å². The Kier molecular flexibility index (Phi) is 5.76. The number of hydrogen-bond donors (Lipinski definition) is 1. The molecule has 1 N–H and O–H groups in total. The third-order valence-electron chi connectivity index (χ3n) is 2.64. The highest BCUT2D eigenvalue weighted by molar-refractivity contribution is 5.79. The first kappa shape index (κ1) is 13.8. The maximum Gasteiger partial charge on any atom is 0.409 e. The first-order valence-corrected chi connectivity index (χ1v) is 6.02. The molecule has 0 spiro atoms. The van der Waals surface area contributed by atoms with Crippen LogP contribution in [0.2, 0.25) is 0 Å². The predicted molar refractivity (Wildman–Crippen MR) is 61.1 cm³/mol. The van der Waals surface area contributed by atoms with Crippen molar-refractivity contribution in [3.63, 3.8) is 0 Å². The van der Waals surface area contributed by atoms with Gasteiger partial charge in [-0.15, -0.1) is 0 Å². The van der Waals surface area contributed by atoms with E-state index in [1.165, 1.54) is 0 Å². The van der Waals surface area contributed by atoms with E-state index >= 15 is 0 Å². The Balaban J connectivity index is 2.42. The Hall–Kier alpha value is -1.30. The summed E-state index contributed by atoms with van der Waals surface area (Å²) in [7, 11) is 0. The average molecular weight is 244 g/mol. The van der Waals surface area contributed by atoms with Crippen molar-refractivity contribution in [2.45, 2.75) is 26.7 Å². The van der Waals surface area contributed by atoms with E-state index in [0.717, 1.165) is 12.8 Å². The minimum Gasteiger partial charge on any atom is -0.450 e. The van der Waals surface area contributed by atoms with Gasteiger partial charge >= 0.3 is 6.09 Å². The molecule has 17 heavy (non-hydrogen) atoms. The predicted octanol–water partition coefficient (Wildman–Crippen LogP) is 0.923. The van der Waals surface area contributed by atoms with Crippen molar-refractivity contribution in [1.82, 2.24) is 10.4 Å². The van der Waals surface area contributed by atoms with Crippen LogP contribution < -0.4 is 5.48 Å². The zero-order chi connectivity index (χ0) is 12.7. The van der Waals surface area contributed by atoms with E-state index in [2.05, 4.69) is 5.48 Å². The second-order valence-corrected chi connectivity index (χ2v) is 3.88. The first-order chi connectivity index (χ1) is 8.19. The molecule has 1 fully saturated rings. The third-order valence-corrected chi connectivity index (χ3v) is 2.64. The van der Waals surface area contributed by atoms with Crippen molar-refractivity contribution in [1.29, 1.82) is 0 Å². The lowest BCUT2D eigenvalue weighted by molar-refractivity contribution is -0.138. The van der Waals surface area contributed by atoms with Crippen LogP contribution >= 0.6 is 0 Å². The molecule has 1 heterocycles. The van der Waals surface area contributed by atoms with E-state index in [0.29, 0.717) is 26.3 Å². The van der Waals surface area contributed by atoms with E-state index in [-0.39, 0.29) is 17.9 Å². The summed E-state index contributed by atoms with van der Waals surface area (Å²) in [5.41, 5.74) is 2.38. The van der Waals surface area contributed by atoms with Gasteiger partial charge in [-0.3, -0.25) is 9.63 Å². The van der Waals surface area contributed by atoms with Crippen molar-refractivity contribution in [2.24, 2.45) is 5.92 Å². The molecule has 0 aliphatic carbocycles. The second-order valence-electron chi connectivity index (χ2n) is 3.88. The molecule has 6 heteroatoms. The monoisotopic (exact) mass is 244 g/mol. The molecule has 0 saturated carbocycles. The largest absolute Gasteiger partial charge is 0.450 e. The summed E-state index contributed by atoms with van der Waals surface area (Å²) in [5.74, 6) is -0.374. The number of hydrogen-bond acceptors (Lipinski definition) is 4.